The van der Waals surface area contributed by atoms with Crippen LogP contribution in [-0.2, 0) is 4.79 Å². The van der Waals surface area contributed by atoms with Crippen molar-refractivity contribution in [2.75, 3.05) is 6.54 Å². The van der Waals surface area contributed by atoms with Crippen LogP contribution in [-0.4, -0.2) is 24.0 Å². The predicted octanol–water partition coefficient (Wildman–Crippen LogP) is 2.07. The topological polar surface area (TPSA) is 41.1 Å². The van der Waals surface area contributed by atoms with E-state index in [1.165, 1.54) is 38.5 Å². The van der Waals surface area contributed by atoms with Crippen LogP contribution in [0, 0.1) is 23.7 Å². The van der Waals surface area contributed by atoms with Crippen molar-refractivity contribution in [1.82, 2.24) is 10.6 Å². The van der Waals surface area contributed by atoms with Gasteiger partial charge in [-0.15, -0.1) is 0 Å². The van der Waals surface area contributed by atoms with E-state index >= 15 is 0 Å². The summed E-state index contributed by atoms with van der Waals surface area (Å²) in [6, 6.07) is 0.0630. The third-order valence-corrected chi connectivity index (χ3v) is 6.24. The fourth-order valence-electron chi connectivity index (χ4n) is 5.79. The third kappa shape index (κ3) is 2.01. The number of amides is 1. The summed E-state index contributed by atoms with van der Waals surface area (Å²) in [5, 5.41) is 6.87. The van der Waals surface area contributed by atoms with E-state index in [0.29, 0.717) is 5.92 Å². The second-order valence-corrected chi connectivity index (χ2v) is 7.88. The highest BCUT2D eigenvalue weighted by molar-refractivity contribution is 5.83. The molecule has 0 radical (unpaired) electrons. The molecule has 3 heteroatoms. The number of carbonyl (C=O) groups is 1. The normalized spacial score (nSPS) is 51.5. The molecule has 4 saturated carbocycles. The van der Waals surface area contributed by atoms with E-state index in [1.807, 2.05) is 0 Å². The minimum atomic E-state index is 0.0630. The first-order valence-corrected chi connectivity index (χ1v) is 8.19. The van der Waals surface area contributed by atoms with Gasteiger partial charge in [-0.05, 0) is 75.2 Å². The molecule has 0 aromatic heterocycles. The highest BCUT2D eigenvalue weighted by Gasteiger charge is 2.52. The Hall–Kier alpha value is -0.570. The minimum absolute atomic E-state index is 0.0630. The van der Waals surface area contributed by atoms with Crippen molar-refractivity contribution in [1.29, 1.82) is 0 Å². The Labute approximate surface area is 115 Å². The zero-order valence-electron chi connectivity index (χ0n) is 12.0. The van der Waals surface area contributed by atoms with Crippen LogP contribution in [0.2, 0.25) is 0 Å². The van der Waals surface area contributed by atoms with Crippen LogP contribution >= 0.6 is 0 Å². The van der Waals surface area contributed by atoms with Gasteiger partial charge in [0.05, 0.1) is 6.04 Å². The Morgan fingerprint density at radius 1 is 1.11 bits per heavy atom. The molecule has 0 aromatic carbocycles. The van der Waals surface area contributed by atoms with Gasteiger partial charge in [-0.3, -0.25) is 4.79 Å². The van der Waals surface area contributed by atoms with E-state index in [9.17, 15) is 4.79 Å². The van der Waals surface area contributed by atoms with Gasteiger partial charge in [-0.1, -0.05) is 6.92 Å². The van der Waals surface area contributed by atoms with Crippen LogP contribution in [0.5, 0.6) is 0 Å². The summed E-state index contributed by atoms with van der Waals surface area (Å²) >= 11 is 0. The first-order chi connectivity index (χ1) is 9.13. The third-order valence-electron chi connectivity index (χ3n) is 6.24. The van der Waals surface area contributed by atoms with Crippen molar-refractivity contribution in [3.05, 3.63) is 0 Å². The summed E-state index contributed by atoms with van der Waals surface area (Å²) in [4.78, 5) is 12.6. The van der Waals surface area contributed by atoms with Gasteiger partial charge >= 0.3 is 0 Å². The second-order valence-electron chi connectivity index (χ2n) is 7.88. The van der Waals surface area contributed by atoms with Crippen molar-refractivity contribution < 1.29 is 4.79 Å². The maximum atomic E-state index is 12.6. The maximum absolute atomic E-state index is 12.6. The molecule has 19 heavy (non-hydrogen) atoms. The van der Waals surface area contributed by atoms with E-state index in [-0.39, 0.29) is 17.5 Å². The molecule has 5 rings (SSSR count). The molecule has 5 fully saturated rings. The molecule has 1 amide bonds. The quantitative estimate of drug-likeness (QED) is 0.800. The SMILES string of the molecule is CC1CCNC1C(=O)NC12CC3CC(CC(C3)C1)C2. The highest BCUT2D eigenvalue weighted by atomic mass is 16.2. The fourth-order valence-corrected chi connectivity index (χ4v) is 5.79. The fraction of sp³-hybridized carbons (Fsp3) is 0.938. The smallest absolute Gasteiger partial charge is 0.237 e. The summed E-state index contributed by atoms with van der Waals surface area (Å²) in [5.74, 6) is 3.49. The van der Waals surface area contributed by atoms with Crippen molar-refractivity contribution in [3.8, 4) is 0 Å². The lowest BCUT2D eigenvalue weighted by molar-refractivity contribution is -0.129. The molecule has 2 atom stereocenters. The molecule has 2 unspecified atom stereocenters. The van der Waals surface area contributed by atoms with Crippen LogP contribution < -0.4 is 10.6 Å². The monoisotopic (exact) mass is 262 g/mol. The van der Waals surface area contributed by atoms with Gasteiger partial charge < -0.3 is 10.6 Å². The average Bonchev–Trinajstić information content (AvgIpc) is 2.72. The lowest BCUT2D eigenvalue weighted by atomic mass is 9.53. The molecule has 106 valence electrons. The van der Waals surface area contributed by atoms with Crippen LogP contribution in [0.1, 0.15) is 51.9 Å². The van der Waals surface area contributed by atoms with Crippen LogP contribution in [0.3, 0.4) is 0 Å². The first-order valence-electron chi connectivity index (χ1n) is 8.19. The number of rotatable bonds is 2. The Bertz CT molecular complexity index is 357. The summed E-state index contributed by atoms with van der Waals surface area (Å²) in [6.45, 7) is 3.20. The summed E-state index contributed by atoms with van der Waals surface area (Å²) < 4.78 is 0. The van der Waals surface area contributed by atoms with Crippen molar-refractivity contribution in [2.45, 2.75) is 63.5 Å². The standard InChI is InChI=1S/C16H26N2O/c1-10-2-3-17-14(10)15(19)18-16-7-11-4-12(8-16)6-13(5-11)9-16/h10-14,17H,2-9H2,1H3,(H,18,19). The van der Waals surface area contributed by atoms with Gasteiger partial charge in [0.25, 0.3) is 0 Å². The van der Waals surface area contributed by atoms with Crippen LogP contribution in [0.15, 0.2) is 0 Å². The molecule has 0 spiro atoms. The van der Waals surface area contributed by atoms with Gasteiger partial charge in [0.15, 0.2) is 0 Å². The second kappa shape index (κ2) is 4.21. The van der Waals surface area contributed by atoms with E-state index in [4.69, 9.17) is 0 Å². The van der Waals surface area contributed by atoms with Crippen molar-refractivity contribution >= 4 is 5.91 Å². The zero-order chi connectivity index (χ0) is 13.0. The van der Waals surface area contributed by atoms with Crippen molar-refractivity contribution in [2.24, 2.45) is 23.7 Å². The average molecular weight is 262 g/mol. The minimum Gasteiger partial charge on any atom is -0.349 e. The summed E-state index contributed by atoms with van der Waals surface area (Å²) in [7, 11) is 0. The molecule has 5 aliphatic rings. The predicted molar refractivity (Wildman–Crippen MR) is 74.6 cm³/mol. The van der Waals surface area contributed by atoms with Gasteiger partial charge in [-0.25, -0.2) is 0 Å². The van der Waals surface area contributed by atoms with Gasteiger partial charge in [0.1, 0.15) is 0 Å². The highest BCUT2D eigenvalue weighted by Crippen LogP contribution is 2.55. The lowest BCUT2D eigenvalue weighted by Crippen LogP contribution is -2.62. The van der Waals surface area contributed by atoms with Gasteiger partial charge in [0.2, 0.25) is 5.91 Å². The first kappa shape index (κ1) is 12.2. The molecule has 3 nitrogen and oxygen atoms in total. The van der Waals surface area contributed by atoms with E-state index in [0.717, 1.165) is 30.7 Å². The van der Waals surface area contributed by atoms with E-state index in [2.05, 4.69) is 17.6 Å². The molecule has 0 aromatic rings. The van der Waals surface area contributed by atoms with Crippen LogP contribution in [0.4, 0.5) is 0 Å². The number of carbonyl (C=O) groups excluding carboxylic acids is 1. The summed E-state index contributed by atoms with van der Waals surface area (Å²) in [6.07, 6.45) is 9.22. The Morgan fingerprint density at radius 3 is 2.16 bits per heavy atom. The molecule has 1 aliphatic heterocycles. The zero-order valence-corrected chi connectivity index (χ0v) is 12.0. The molecular weight excluding hydrogens is 236 g/mol. The van der Waals surface area contributed by atoms with E-state index < -0.39 is 0 Å². The number of hydrogen-bond acceptors (Lipinski definition) is 2. The maximum Gasteiger partial charge on any atom is 0.237 e. The number of hydrogen-bond donors (Lipinski definition) is 2. The molecule has 2 N–H and O–H groups in total. The van der Waals surface area contributed by atoms with Crippen molar-refractivity contribution in [3.63, 3.8) is 0 Å². The molecular formula is C16H26N2O. The number of nitrogens with one attached hydrogen (secondary N) is 2. The van der Waals surface area contributed by atoms with Gasteiger partial charge in [0, 0.05) is 5.54 Å². The Balaban J connectivity index is 1.48. The lowest BCUT2D eigenvalue weighted by Gasteiger charge is -2.57. The Morgan fingerprint density at radius 2 is 1.68 bits per heavy atom. The van der Waals surface area contributed by atoms with E-state index in [1.54, 1.807) is 0 Å². The largest absolute Gasteiger partial charge is 0.349 e. The molecule has 4 bridgehead atoms. The van der Waals surface area contributed by atoms with Crippen LogP contribution in [0.25, 0.3) is 0 Å². The Kier molecular flexibility index (Phi) is 2.70. The molecule has 1 heterocycles. The molecule has 1 saturated heterocycles. The van der Waals surface area contributed by atoms with Gasteiger partial charge in [-0.2, -0.15) is 0 Å². The molecule has 4 aliphatic carbocycles. The summed E-state index contributed by atoms with van der Waals surface area (Å²) in [5.41, 5.74) is 0.176.